The van der Waals surface area contributed by atoms with Gasteiger partial charge >= 0.3 is 5.97 Å². The number of halogens is 1. The van der Waals surface area contributed by atoms with E-state index < -0.39 is 5.97 Å². The summed E-state index contributed by atoms with van der Waals surface area (Å²) in [5.41, 5.74) is 4.30. The van der Waals surface area contributed by atoms with E-state index in [9.17, 15) is 9.59 Å². The van der Waals surface area contributed by atoms with E-state index in [2.05, 4.69) is 26.5 Å². The molecule has 0 atom stereocenters. The Kier molecular flexibility index (Phi) is 5.83. The summed E-state index contributed by atoms with van der Waals surface area (Å²) in [7, 11) is 0. The van der Waals surface area contributed by atoms with E-state index in [0.29, 0.717) is 11.5 Å². The van der Waals surface area contributed by atoms with Gasteiger partial charge in [-0.05, 0) is 42.0 Å². The van der Waals surface area contributed by atoms with Crippen molar-refractivity contribution < 1.29 is 19.1 Å². The average molecular weight is 427 g/mol. The molecular weight excluding hydrogens is 412 g/mol. The van der Waals surface area contributed by atoms with Crippen molar-refractivity contribution in [3.63, 3.8) is 0 Å². The van der Waals surface area contributed by atoms with Gasteiger partial charge in [-0.25, -0.2) is 10.2 Å². The molecule has 0 aliphatic carbocycles. The number of carbonyl (C=O) groups is 2. The van der Waals surface area contributed by atoms with E-state index in [1.165, 1.54) is 18.3 Å². The van der Waals surface area contributed by atoms with E-state index in [-0.39, 0.29) is 17.9 Å². The number of amides is 1. The lowest BCUT2D eigenvalue weighted by molar-refractivity contribution is -0.120. The minimum Gasteiger partial charge on any atom is -0.478 e. The number of furan rings is 1. The van der Waals surface area contributed by atoms with Crippen LogP contribution in [0.15, 0.2) is 74.7 Å². The second-order valence-electron chi connectivity index (χ2n) is 5.68. The Bertz CT molecular complexity index is 976. The Morgan fingerprint density at radius 1 is 1.04 bits per heavy atom. The third kappa shape index (κ3) is 5.15. The van der Waals surface area contributed by atoms with Gasteiger partial charge in [0.2, 0.25) is 5.91 Å². The van der Waals surface area contributed by atoms with E-state index in [4.69, 9.17) is 9.52 Å². The number of nitrogens with zero attached hydrogens (tertiary/aromatic N) is 1. The minimum absolute atomic E-state index is 0.209. The second kappa shape index (κ2) is 8.46. The molecule has 27 heavy (non-hydrogen) atoms. The number of benzene rings is 2. The average Bonchev–Trinajstić information content (AvgIpc) is 3.12. The van der Waals surface area contributed by atoms with Crippen LogP contribution in [-0.4, -0.2) is 23.2 Å². The molecule has 136 valence electrons. The van der Waals surface area contributed by atoms with Crippen LogP contribution >= 0.6 is 15.9 Å². The highest BCUT2D eigenvalue weighted by Gasteiger charge is 2.07. The molecule has 3 aromatic rings. The Balaban J connectivity index is 1.57. The van der Waals surface area contributed by atoms with Crippen LogP contribution < -0.4 is 5.43 Å². The highest BCUT2D eigenvalue weighted by atomic mass is 79.9. The third-order valence-corrected chi connectivity index (χ3v) is 4.23. The number of carboxylic acids is 1. The molecule has 0 unspecified atom stereocenters. The van der Waals surface area contributed by atoms with Crippen molar-refractivity contribution in [1.29, 1.82) is 0 Å². The standard InChI is InChI=1S/C20H15BrN2O4/c21-16-7-1-13(2-8-16)11-19(24)23-22-12-17-9-10-18(27-17)14-3-5-15(6-4-14)20(25)26/h1-10,12H,11H2,(H,23,24)(H,25,26)/b22-12+. The fraction of sp³-hybridized carbons (Fsp3) is 0.0500. The van der Waals surface area contributed by atoms with Gasteiger partial charge in [-0.2, -0.15) is 5.10 Å². The smallest absolute Gasteiger partial charge is 0.335 e. The van der Waals surface area contributed by atoms with Gasteiger partial charge in [0.1, 0.15) is 11.5 Å². The molecule has 7 heteroatoms. The maximum Gasteiger partial charge on any atom is 0.335 e. The summed E-state index contributed by atoms with van der Waals surface area (Å²) in [5.74, 6) is -0.164. The van der Waals surface area contributed by atoms with Crippen molar-refractivity contribution in [2.24, 2.45) is 5.10 Å². The van der Waals surface area contributed by atoms with Crippen molar-refractivity contribution in [2.45, 2.75) is 6.42 Å². The summed E-state index contributed by atoms with van der Waals surface area (Å²) >= 11 is 3.35. The lowest BCUT2D eigenvalue weighted by Crippen LogP contribution is -2.19. The molecule has 1 heterocycles. The molecule has 0 spiro atoms. The summed E-state index contributed by atoms with van der Waals surface area (Å²) < 4.78 is 6.58. The van der Waals surface area contributed by atoms with Gasteiger partial charge < -0.3 is 9.52 Å². The predicted molar refractivity (Wildman–Crippen MR) is 105 cm³/mol. The van der Waals surface area contributed by atoms with E-state index in [1.807, 2.05) is 24.3 Å². The van der Waals surface area contributed by atoms with Gasteiger partial charge in [0.05, 0.1) is 18.2 Å². The number of nitrogens with one attached hydrogen (secondary N) is 1. The zero-order valence-corrected chi connectivity index (χ0v) is 15.6. The summed E-state index contributed by atoms with van der Waals surface area (Å²) in [6.45, 7) is 0. The van der Waals surface area contributed by atoms with Crippen LogP contribution in [0.25, 0.3) is 11.3 Å². The Morgan fingerprint density at radius 3 is 2.41 bits per heavy atom. The summed E-state index contributed by atoms with van der Waals surface area (Å²) in [6, 6.07) is 17.3. The van der Waals surface area contributed by atoms with Gasteiger partial charge in [-0.15, -0.1) is 0 Å². The van der Waals surface area contributed by atoms with Crippen LogP contribution in [0.2, 0.25) is 0 Å². The van der Waals surface area contributed by atoms with Gasteiger partial charge in [-0.1, -0.05) is 40.2 Å². The number of aromatic carboxylic acids is 1. The second-order valence-corrected chi connectivity index (χ2v) is 6.60. The molecule has 0 saturated heterocycles. The summed E-state index contributed by atoms with van der Waals surface area (Å²) in [6.07, 6.45) is 1.64. The molecule has 0 aliphatic rings. The Morgan fingerprint density at radius 2 is 1.74 bits per heavy atom. The van der Waals surface area contributed by atoms with Crippen molar-refractivity contribution in [3.8, 4) is 11.3 Å². The Hall–Kier alpha value is -3.19. The third-order valence-electron chi connectivity index (χ3n) is 3.70. The SMILES string of the molecule is O=C(Cc1ccc(Br)cc1)N/N=C/c1ccc(-c2ccc(C(=O)O)cc2)o1. The highest BCUT2D eigenvalue weighted by Crippen LogP contribution is 2.22. The number of carboxylic acid groups (broad SMARTS) is 1. The molecule has 6 nitrogen and oxygen atoms in total. The van der Waals surface area contributed by atoms with Crippen molar-refractivity contribution >= 4 is 34.0 Å². The molecule has 0 fully saturated rings. The molecule has 2 N–H and O–H groups in total. The molecule has 2 aromatic carbocycles. The normalized spacial score (nSPS) is 10.9. The van der Waals surface area contributed by atoms with Gasteiger partial charge in [0.25, 0.3) is 0 Å². The molecular formula is C20H15BrN2O4. The largest absolute Gasteiger partial charge is 0.478 e. The van der Waals surface area contributed by atoms with Crippen molar-refractivity contribution in [2.75, 3.05) is 0 Å². The quantitative estimate of drug-likeness (QED) is 0.458. The maximum absolute atomic E-state index is 11.9. The first-order chi connectivity index (χ1) is 13.0. The fourth-order valence-electron chi connectivity index (χ4n) is 2.35. The lowest BCUT2D eigenvalue weighted by Gasteiger charge is -2.00. The van der Waals surface area contributed by atoms with Crippen LogP contribution in [0, 0.1) is 0 Å². The van der Waals surface area contributed by atoms with Gasteiger partial charge in [0, 0.05) is 10.0 Å². The van der Waals surface area contributed by atoms with Crippen LogP contribution in [0.1, 0.15) is 21.7 Å². The van der Waals surface area contributed by atoms with Crippen molar-refractivity contribution in [3.05, 3.63) is 82.0 Å². The maximum atomic E-state index is 11.9. The number of rotatable bonds is 6. The molecule has 0 aliphatic heterocycles. The predicted octanol–water partition coefficient (Wildman–Crippen LogP) is 4.10. The van der Waals surface area contributed by atoms with Crippen molar-refractivity contribution in [1.82, 2.24) is 5.43 Å². The highest BCUT2D eigenvalue weighted by molar-refractivity contribution is 9.10. The lowest BCUT2D eigenvalue weighted by atomic mass is 10.1. The molecule has 3 rings (SSSR count). The topological polar surface area (TPSA) is 91.9 Å². The molecule has 1 amide bonds. The van der Waals surface area contributed by atoms with E-state index >= 15 is 0 Å². The minimum atomic E-state index is -0.979. The molecule has 0 bridgehead atoms. The Labute approximate surface area is 163 Å². The van der Waals surface area contributed by atoms with E-state index in [1.54, 1.807) is 24.3 Å². The monoisotopic (exact) mass is 426 g/mol. The number of hydrazone groups is 1. The number of carbonyl (C=O) groups excluding carboxylic acids is 1. The number of hydrogen-bond acceptors (Lipinski definition) is 4. The first kappa shape index (κ1) is 18.6. The first-order valence-electron chi connectivity index (χ1n) is 8.01. The van der Waals surface area contributed by atoms with Crippen LogP contribution in [0.3, 0.4) is 0 Å². The van der Waals surface area contributed by atoms with Gasteiger partial charge in [-0.3, -0.25) is 4.79 Å². The molecule has 0 saturated carbocycles. The molecule has 1 aromatic heterocycles. The summed E-state index contributed by atoms with van der Waals surface area (Å²) in [5, 5.41) is 12.8. The van der Waals surface area contributed by atoms with Crippen LogP contribution in [0.4, 0.5) is 0 Å². The number of hydrogen-bond donors (Lipinski definition) is 2. The zero-order valence-electron chi connectivity index (χ0n) is 14.1. The first-order valence-corrected chi connectivity index (χ1v) is 8.80. The van der Waals surface area contributed by atoms with E-state index in [0.717, 1.165) is 15.6 Å². The molecule has 0 radical (unpaired) electrons. The van der Waals surface area contributed by atoms with Crippen LogP contribution in [-0.2, 0) is 11.2 Å². The fourth-order valence-corrected chi connectivity index (χ4v) is 2.61. The van der Waals surface area contributed by atoms with Crippen LogP contribution in [0.5, 0.6) is 0 Å². The zero-order chi connectivity index (χ0) is 19.2. The van der Waals surface area contributed by atoms with Gasteiger partial charge in [0.15, 0.2) is 0 Å². The summed E-state index contributed by atoms with van der Waals surface area (Å²) in [4.78, 5) is 22.8.